The molecule has 2 amide bonds. The Bertz CT molecular complexity index is 1400. The molecular formula is C28H24N4O3. The van der Waals surface area contributed by atoms with E-state index in [1.165, 1.54) is 7.11 Å². The Morgan fingerprint density at radius 1 is 0.971 bits per heavy atom. The molecule has 0 radical (unpaired) electrons. The molecule has 0 bridgehead atoms. The van der Waals surface area contributed by atoms with Crippen LogP contribution in [0.1, 0.15) is 16.8 Å². The Balaban J connectivity index is 1.37. The summed E-state index contributed by atoms with van der Waals surface area (Å²) in [7, 11) is 1.46. The lowest BCUT2D eigenvalue weighted by Gasteiger charge is -2.23. The molecule has 1 N–H and O–H groups in total. The Hall–Kier alpha value is -4.52. The summed E-state index contributed by atoms with van der Waals surface area (Å²) in [4.78, 5) is 37.5. The number of fused-ring (bicyclic) bond motifs is 1. The van der Waals surface area contributed by atoms with Gasteiger partial charge in [-0.15, -0.1) is 0 Å². The van der Waals surface area contributed by atoms with Crippen molar-refractivity contribution in [2.75, 3.05) is 19.0 Å². The zero-order valence-corrected chi connectivity index (χ0v) is 19.2. The van der Waals surface area contributed by atoms with E-state index in [4.69, 9.17) is 4.84 Å². The summed E-state index contributed by atoms with van der Waals surface area (Å²) >= 11 is 0. The van der Waals surface area contributed by atoms with E-state index in [2.05, 4.69) is 15.5 Å². The lowest BCUT2D eigenvalue weighted by molar-refractivity contribution is -0.119. The Morgan fingerprint density at radius 3 is 2.51 bits per heavy atom. The SMILES string of the molecule is CON=C1C[C@@H](C(=O)Nc2ccc3ncccc3c2)N(C(=O)c2ccc(-c3ccccc3)cc2)C1. The molecule has 1 atom stereocenters. The van der Waals surface area contributed by atoms with Gasteiger partial charge in [-0.1, -0.05) is 53.7 Å². The van der Waals surface area contributed by atoms with Crippen molar-refractivity contribution < 1.29 is 14.4 Å². The van der Waals surface area contributed by atoms with Crippen LogP contribution in [0.3, 0.4) is 0 Å². The second-order valence-electron chi connectivity index (χ2n) is 8.34. The summed E-state index contributed by atoms with van der Waals surface area (Å²) in [6, 6.07) is 26.0. The summed E-state index contributed by atoms with van der Waals surface area (Å²) in [5.41, 5.74) is 4.74. The number of nitrogens with one attached hydrogen (secondary N) is 1. The van der Waals surface area contributed by atoms with Crippen LogP contribution in [0, 0.1) is 0 Å². The first-order chi connectivity index (χ1) is 17.1. The Morgan fingerprint density at radius 2 is 1.74 bits per heavy atom. The quantitative estimate of drug-likeness (QED) is 0.432. The second kappa shape index (κ2) is 9.77. The van der Waals surface area contributed by atoms with Gasteiger partial charge in [0.15, 0.2) is 0 Å². The summed E-state index contributed by atoms with van der Waals surface area (Å²) in [5.74, 6) is -0.502. The third-order valence-corrected chi connectivity index (χ3v) is 6.05. The van der Waals surface area contributed by atoms with Crippen molar-refractivity contribution in [1.29, 1.82) is 0 Å². The van der Waals surface area contributed by atoms with Gasteiger partial charge >= 0.3 is 0 Å². The molecule has 7 heteroatoms. The normalized spacial score (nSPS) is 16.4. The number of anilines is 1. The van der Waals surface area contributed by atoms with Gasteiger partial charge in [0.1, 0.15) is 13.2 Å². The highest BCUT2D eigenvalue weighted by molar-refractivity contribution is 6.08. The molecule has 1 aliphatic heterocycles. The topological polar surface area (TPSA) is 83.9 Å². The number of nitrogens with zero attached hydrogens (tertiary/aromatic N) is 3. The molecule has 1 saturated heterocycles. The lowest BCUT2D eigenvalue weighted by Crippen LogP contribution is -2.43. The van der Waals surface area contributed by atoms with Crippen molar-refractivity contribution in [2.24, 2.45) is 5.16 Å². The lowest BCUT2D eigenvalue weighted by atomic mass is 10.0. The Labute approximate surface area is 203 Å². The number of hydrogen-bond acceptors (Lipinski definition) is 5. The monoisotopic (exact) mass is 464 g/mol. The number of oxime groups is 1. The van der Waals surface area contributed by atoms with Gasteiger partial charge in [-0.2, -0.15) is 0 Å². The summed E-state index contributed by atoms with van der Waals surface area (Å²) < 4.78 is 0. The van der Waals surface area contributed by atoms with E-state index in [1.54, 1.807) is 29.3 Å². The largest absolute Gasteiger partial charge is 0.399 e. The van der Waals surface area contributed by atoms with Gasteiger partial charge in [0, 0.05) is 29.3 Å². The minimum atomic E-state index is -0.699. The van der Waals surface area contributed by atoms with E-state index in [9.17, 15) is 9.59 Å². The number of rotatable bonds is 5. The Kier molecular flexibility index (Phi) is 6.22. The molecule has 174 valence electrons. The first-order valence-electron chi connectivity index (χ1n) is 11.3. The van der Waals surface area contributed by atoms with Crippen LogP contribution in [0.5, 0.6) is 0 Å². The highest BCUT2D eigenvalue weighted by Gasteiger charge is 2.38. The fourth-order valence-electron chi connectivity index (χ4n) is 4.33. The highest BCUT2D eigenvalue weighted by atomic mass is 16.6. The van der Waals surface area contributed by atoms with Crippen molar-refractivity contribution in [3.8, 4) is 11.1 Å². The maximum Gasteiger partial charge on any atom is 0.254 e. The number of hydrogen-bond donors (Lipinski definition) is 1. The van der Waals surface area contributed by atoms with Gasteiger partial charge in [0.25, 0.3) is 5.91 Å². The molecule has 35 heavy (non-hydrogen) atoms. The maximum absolute atomic E-state index is 13.4. The summed E-state index contributed by atoms with van der Waals surface area (Å²) in [6.07, 6.45) is 2.04. The minimum Gasteiger partial charge on any atom is -0.399 e. The van der Waals surface area contributed by atoms with E-state index in [1.807, 2.05) is 66.7 Å². The summed E-state index contributed by atoms with van der Waals surface area (Å²) in [6.45, 7) is 0.229. The number of pyridine rings is 1. The van der Waals surface area contributed by atoms with Crippen LogP contribution >= 0.6 is 0 Å². The number of likely N-dealkylation sites (tertiary alicyclic amines) is 1. The van der Waals surface area contributed by atoms with Crippen molar-refractivity contribution in [2.45, 2.75) is 12.5 Å². The van der Waals surface area contributed by atoms with E-state index in [0.29, 0.717) is 23.4 Å². The van der Waals surface area contributed by atoms with E-state index < -0.39 is 6.04 Å². The molecular weight excluding hydrogens is 440 g/mol. The summed E-state index contributed by atoms with van der Waals surface area (Å²) in [5, 5.41) is 7.89. The molecule has 3 aromatic carbocycles. The van der Waals surface area contributed by atoms with Crippen molar-refractivity contribution in [3.63, 3.8) is 0 Å². The van der Waals surface area contributed by atoms with Crippen LogP contribution in [0.25, 0.3) is 22.0 Å². The average Bonchev–Trinajstić information content (AvgIpc) is 3.33. The van der Waals surface area contributed by atoms with Crippen LogP contribution in [0.4, 0.5) is 5.69 Å². The predicted molar refractivity (Wildman–Crippen MR) is 136 cm³/mol. The van der Waals surface area contributed by atoms with Gasteiger partial charge in [-0.3, -0.25) is 14.6 Å². The fourth-order valence-corrected chi connectivity index (χ4v) is 4.33. The molecule has 0 saturated carbocycles. The third kappa shape index (κ3) is 4.75. The first kappa shape index (κ1) is 22.3. The molecule has 1 aliphatic rings. The number of amides is 2. The van der Waals surface area contributed by atoms with Crippen LogP contribution < -0.4 is 5.32 Å². The van der Waals surface area contributed by atoms with Gasteiger partial charge in [0.2, 0.25) is 5.91 Å². The van der Waals surface area contributed by atoms with E-state index >= 15 is 0 Å². The number of carbonyl (C=O) groups is 2. The minimum absolute atomic E-state index is 0.228. The molecule has 0 spiro atoms. The fraction of sp³-hybridized carbons (Fsp3) is 0.143. The van der Waals surface area contributed by atoms with Gasteiger partial charge in [-0.05, 0) is 47.5 Å². The average molecular weight is 465 g/mol. The standard InChI is InChI=1S/C28H24N4O3/c1-35-31-24-17-26(27(33)30-23-13-14-25-22(16-23)8-5-15-29-25)32(18-24)28(34)21-11-9-20(10-12-21)19-6-3-2-4-7-19/h2-16,26H,17-18H2,1H3,(H,30,33)/t26-/m0/s1. The molecule has 7 nitrogen and oxygen atoms in total. The number of aromatic nitrogens is 1. The molecule has 0 aliphatic carbocycles. The molecule has 1 fully saturated rings. The zero-order valence-electron chi connectivity index (χ0n) is 19.2. The van der Waals surface area contributed by atoms with Crippen molar-refractivity contribution >= 4 is 34.1 Å². The molecule has 5 rings (SSSR count). The zero-order chi connectivity index (χ0) is 24.2. The van der Waals surface area contributed by atoms with Crippen LogP contribution in [0.2, 0.25) is 0 Å². The number of benzene rings is 3. The van der Waals surface area contributed by atoms with Crippen LogP contribution in [0.15, 0.2) is 96.3 Å². The van der Waals surface area contributed by atoms with E-state index in [-0.39, 0.29) is 18.4 Å². The molecule has 0 unspecified atom stereocenters. The maximum atomic E-state index is 13.4. The molecule has 4 aromatic rings. The van der Waals surface area contributed by atoms with Crippen molar-refractivity contribution in [1.82, 2.24) is 9.88 Å². The molecule has 2 heterocycles. The third-order valence-electron chi connectivity index (χ3n) is 6.05. The van der Waals surface area contributed by atoms with Crippen molar-refractivity contribution in [3.05, 3.63) is 96.7 Å². The predicted octanol–water partition coefficient (Wildman–Crippen LogP) is 4.76. The number of carbonyl (C=O) groups excluding carboxylic acids is 2. The van der Waals surface area contributed by atoms with Gasteiger partial charge in [0.05, 0.1) is 17.8 Å². The second-order valence-corrected chi connectivity index (χ2v) is 8.34. The van der Waals surface area contributed by atoms with Gasteiger partial charge < -0.3 is 15.1 Å². The highest BCUT2D eigenvalue weighted by Crippen LogP contribution is 2.24. The smallest absolute Gasteiger partial charge is 0.254 e. The van der Waals surface area contributed by atoms with E-state index in [0.717, 1.165) is 22.0 Å². The first-order valence-corrected chi connectivity index (χ1v) is 11.3. The van der Waals surface area contributed by atoms with Crippen LogP contribution in [-0.4, -0.2) is 47.1 Å². The molecule has 1 aromatic heterocycles. The van der Waals surface area contributed by atoms with Crippen LogP contribution in [-0.2, 0) is 9.63 Å². The van der Waals surface area contributed by atoms with Gasteiger partial charge in [-0.25, -0.2) is 0 Å².